The number of amides is 2. The zero-order valence-electron chi connectivity index (χ0n) is 17.9. The van der Waals surface area contributed by atoms with Crippen molar-refractivity contribution in [3.8, 4) is 17.2 Å². The first-order valence-electron chi connectivity index (χ1n) is 9.52. The number of nitrogens with two attached hydrogens (primary N) is 1. The number of pyridine rings is 1. The van der Waals surface area contributed by atoms with Crippen LogP contribution in [0.5, 0.6) is 17.2 Å². The van der Waals surface area contributed by atoms with E-state index in [4.69, 9.17) is 10.5 Å². The van der Waals surface area contributed by atoms with Crippen molar-refractivity contribution in [3.63, 3.8) is 0 Å². The maximum Gasteiger partial charge on any atom is 0.422 e. The highest BCUT2D eigenvalue weighted by molar-refractivity contribution is 6.07. The van der Waals surface area contributed by atoms with E-state index in [1.807, 2.05) is 0 Å². The van der Waals surface area contributed by atoms with E-state index in [0.29, 0.717) is 12.1 Å². The lowest BCUT2D eigenvalue weighted by atomic mass is 10.0. The number of hydrogen-bond donors (Lipinski definition) is 2. The number of ether oxygens (including phenoxy) is 2. The van der Waals surface area contributed by atoms with Crippen molar-refractivity contribution in [2.75, 3.05) is 12.4 Å². The third kappa shape index (κ3) is 5.13. The van der Waals surface area contributed by atoms with Gasteiger partial charge in [-0.1, -0.05) is 0 Å². The lowest BCUT2D eigenvalue weighted by Gasteiger charge is -2.19. The minimum atomic E-state index is -5.28. The van der Waals surface area contributed by atoms with Crippen LogP contribution in [-0.2, 0) is 6.18 Å². The van der Waals surface area contributed by atoms with Crippen LogP contribution in [0.15, 0.2) is 36.5 Å². The van der Waals surface area contributed by atoms with Crippen LogP contribution in [0.2, 0.25) is 0 Å². The lowest BCUT2D eigenvalue weighted by molar-refractivity contribution is -0.141. The van der Waals surface area contributed by atoms with Crippen LogP contribution in [0, 0.1) is 24.4 Å². The Balaban J connectivity index is 2.18. The average molecular weight is 499 g/mol. The fourth-order valence-electron chi connectivity index (χ4n) is 3.02. The van der Waals surface area contributed by atoms with Crippen LogP contribution >= 0.6 is 0 Å². The molecule has 13 heteroatoms. The second-order valence-electron chi connectivity index (χ2n) is 6.97. The molecule has 3 aromatic rings. The molecule has 0 aliphatic rings. The Labute approximate surface area is 193 Å². The summed E-state index contributed by atoms with van der Waals surface area (Å²) in [6.45, 7) is 1.10. The highest BCUT2D eigenvalue weighted by Crippen LogP contribution is 2.44. The van der Waals surface area contributed by atoms with E-state index >= 15 is 4.39 Å². The van der Waals surface area contributed by atoms with Gasteiger partial charge in [0.1, 0.15) is 34.1 Å². The molecule has 0 saturated carbocycles. The topological polar surface area (TPSA) is 104 Å². The number of methoxy groups -OCH3 is 1. The number of rotatable bonds is 6. The molecule has 0 radical (unpaired) electrons. The first-order valence-corrected chi connectivity index (χ1v) is 9.52. The van der Waals surface area contributed by atoms with Crippen LogP contribution in [0.25, 0.3) is 0 Å². The molecule has 0 aliphatic carbocycles. The molecule has 184 valence electrons. The molecule has 3 N–H and O–H groups in total. The monoisotopic (exact) mass is 499 g/mol. The molecule has 3 rings (SSSR count). The summed E-state index contributed by atoms with van der Waals surface area (Å²) in [6, 6.07) is 4.38. The maximum absolute atomic E-state index is 15.2. The van der Waals surface area contributed by atoms with Crippen molar-refractivity contribution in [1.82, 2.24) is 4.98 Å². The number of anilines is 1. The first kappa shape index (κ1) is 25.3. The van der Waals surface area contributed by atoms with Gasteiger partial charge in [-0.2, -0.15) is 13.2 Å². The molecular weight excluding hydrogens is 484 g/mol. The summed E-state index contributed by atoms with van der Waals surface area (Å²) < 4.78 is 93.4. The average Bonchev–Trinajstić information content (AvgIpc) is 2.78. The Bertz CT molecular complexity index is 1330. The molecule has 0 spiro atoms. The van der Waals surface area contributed by atoms with Gasteiger partial charge in [-0.3, -0.25) is 14.6 Å². The number of alkyl halides is 3. The normalized spacial score (nSPS) is 11.2. The molecular formula is C22H15F6N3O4. The second kappa shape index (κ2) is 9.52. The van der Waals surface area contributed by atoms with Crippen molar-refractivity contribution in [2.45, 2.75) is 13.1 Å². The van der Waals surface area contributed by atoms with Crippen LogP contribution in [0.4, 0.5) is 32.0 Å². The summed E-state index contributed by atoms with van der Waals surface area (Å²) >= 11 is 0. The molecule has 7 nitrogen and oxygen atoms in total. The van der Waals surface area contributed by atoms with Gasteiger partial charge in [-0.05, 0) is 31.2 Å². The number of hydrogen-bond acceptors (Lipinski definition) is 5. The second-order valence-corrected chi connectivity index (χ2v) is 6.97. The van der Waals surface area contributed by atoms with Gasteiger partial charge in [0.25, 0.3) is 11.8 Å². The summed E-state index contributed by atoms with van der Waals surface area (Å²) in [5.41, 5.74) is 1.15. The van der Waals surface area contributed by atoms with Gasteiger partial charge < -0.3 is 20.5 Å². The van der Waals surface area contributed by atoms with Crippen LogP contribution in [0.3, 0.4) is 0 Å². The summed E-state index contributed by atoms with van der Waals surface area (Å²) in [5.74, 6) is -9.20. The molecule has 35 heavy (non-hydrogen) atoms. The number of halogens is 6. The van der Waals surface area contributed by atoms with Crippen LogP contribution in [0.1, 0.15) is 32.0 Å². The van der Waals surface area contributed by atoms with Crippen molar-refractivity contribution in [2.24, 2.45) is 5.73 Å². The number of nitrogens with one attached hydrogen (secondary N) is 1. The predicted molar refractivity (Wildman–Crippen MR) is 110 cm³/mol. The summed E-state index contributed by atoms with van der Waals surface area (Å²) in [7, 11) is 0.832. The van der Waals surface area contributed by atoms with Gasteiger partial charge in [0.2, 0.25) is 0 Å². The van der Waals surface area contributed by atoms with Gasteiger partial charge in [0.05, 0.1) is 7.11 Å². The molecule has 2 amide bonds. The predicted octanol–water partition coefficient (Wildman–Crippen LogP) is 4.98. The molecule has 1 aromatic heterocycles. The van der Waals surface area contributed by atoms with E-state index in [1.54, 1.807) is 0 Å². The number of aromatic nitrogens is 1. The van der Waals surface area contributed by atoms with Crippen molar-refractivity contribution < 1.29 is 45.4 Å². The number of primary amides is 1. The van der Waals surface area contributed by atoms with E-state index in [9.17, 15) is 31.5 Å². The van der Waals surface area contributed by atoms with Gasteiger partial charge in [0, 0.05) is 23.5 Å². The van der Waals surface area contributed by atoms with E-state index in [-0.39, 0.29) is 11.4 Å². The van der Waals surface area contributed by atoms with Crippen molar-refractivity contribution >= 4 is 17.5 Å². The SMILES string of the molecule is COc1cc(Oc2ccc(F)c(F)c2C)c(C(=O)Nc2ccnc(C(N)=O)c2)c(F)c1C(F)(F)F. The third-order valence-corrected chi connectivity index (χ3v) is 4.70. The zero-order valence-corrected chi connectivity index (χ0v) is 17.9. The largest absolute Gasteiger partial charge is 0.496 e. The van der Waals surface area contributed by atoms with E-state index in [2.05, 4.69) is 15.0 Å². The molecule has 0 aliphatic heterocycles. The first-order chi connectivity index (χ1) is 16.3. The third-order valence-electron chi connectivity index (χ3n) is 4.70. The Morgan fingerprint density at radius 3 is 2.29 bits per heavy atom. The van der Waals surface area contributed by atoms with E-state index in [1.165, 1.54) is 0 Å². The Morgan fingerprint density at radius 1 is 1.00 bits per heavy atom. The quantitative estimate of drug-likeness (QED) is 0.466. The summed E-state index contributed by atoms with van der Waals surface area (Å²) in [6.07, 6.45) is -4.21. The minimum absolute atomic E-state index is 0.155. The van der Waals surface area contributed by atoms with E-state index < -0.39 is 69.4 Å². The molecule has 0 bridgehead atoms. The van der Waals surface area contributed by atoms with Crippen molar-refractivity contribution in [1.29, 1.82) is 0 Å². The van der Waals surface area contributed by atoms with Gasteiger partial charge >= 0.3 is 6.18 Å². The van der Waals surface area contributed by atoms with Crippen molar-refractivity contribution in [3.05, 3.63) is 76.4 Å². The lowest BCUT2D eigenvalue weighted by Crippen LogP contribution is -2.20. The molecule has 0 unspecified atom stereocenters. The number of carbonyl (C=O) groups is 2. The Hall–Kier alpha value is -4.29. The number of carbonyl (C=O) groups excluding carboxylic acids is 2. The van der Waals surface area contributed by atoms with E-state index in [0.717, 1.165) is 38.4 Å². The van der Waals surface area contributed by atoms with Gasteiger partial charge in [-0.15, -0.1) is 0 Å². The van der Waals surface area contributed by atoms with Gasteiger partial charge in [-0.25, -0.2) is 13.2 Å². The van der Waals surface area contributed by atoms with Crippen LogP contribution in [-0.4, -0.2) is 23.9 Å². The Kier molecular flexibility index (Phi) is 6.89. The smallest absolute Gasteiger partial charge is 0.422 e. The zero-order chi connectivity index (χ0) is 26.1. The molecule has 0 saturated heterocycles. The highest BCUT2D eigenvalue weighted by atomic mass is 19.4. The van der Waals surface area contributed by atoms with Gasteiger partial charge in [0.15, 0.2) is 17.5 Å². The highest BCUT2D eigenvalue weighted by Gasteiger charge is 2.41. The molecule has 0 atom stereocenters. The molecule has 1 heterocycles. The van der Waals surface area contributed by atoms with Crippen LogP contribution < -0.4 is 20.5 Å². The number of benzene rings is 2. The fraction of sp³-hybridized carbons (Fsp3) is 0.136. The Morgan fingerprint density at radius 2 is 1.69 bits per heavy atom. The summed E-state index contributed by atoms with van der Waals surface area (Å²) in [5, 5.41) is 2.12. The fourth-order valence-corrected chi connectivity index (χ4v) is 3.02. The minimum Gasteiger partial charge on any atom is -0.496 e. The molecule has 0 fully saturated rings. The maximum atomic E-state index is 15.2. The summed E-state index contributed by atoms with van der Waals surface area (Å²) in [4.78, 5) is 27.8. The molecule has 2 aromatic carbocycles. The standard InChI is InChI=1S/C22H15F6N3O4/c1-9-13(4-3-11(23)18(9)24)35-14-8-15(34-2)17(22(26,27)28)19(25)16(14)21(33)31-10-5-6-30-12(7-10)20(29)32/h3-8H,1-2H3,(H2,29,32)(H,30,31,33). The number of nitrogens with zero attached hydrogens (tertiary/aromatic N) is 1.